The third-order valence-corrected chi connectivity index (χ3v) is 4.74. The summed E-state index contributed by atoms with van der Waals surface area (Å²) in [6, 6.07) is 13.9. The Balaban J connectivity index is 2.09. The molecule has 0 atom stereocenters. The van der Waals surface area contributed by atoms with Crippen molar-refractivity contribution in [2.45, 2.75) is 39.7 Å². The standard InChI is InChI=1S/C23H24N2O3S/c1-14-10-16(12-17-20(26)24-22(29)25-21(17)27)19(18(11-14)23(2,3)4)28-13-15-8-6-5-7-9-15/h5-12H,13H2,1-4H3,(H2,24,25,26,27,29). The summed E-state index contributed by atoms with van der Waals surface area (Å²) in [6.07, 6.45) is 1.56. The van der Waals surface area contributed by atoms with E-state index in [0.29, 0.717) is 17.9 Å². The van der Waals surface area contributed by atoms with Crippen LogP contribution in [0.4, 0.5) is 0 Å². The molecule has 2 N–H and O–H groups in total. The predicted octanol–water partition coefficient (Wildman–Crippen LogP) is 3.79. The second kappa shape index (κ2) is 8.17. The minimum atomic E-state index is -0.522. The van der Waals surface area contributed by atoms with E-state index in [-0.39, 0.29) is 16.1 Å². The SMILES string of the molecule is Cc1cc(C=C2C(=O)NC(=S)NC2=O)c(OCc2ccccc2)c(C(C)(C)C)c1. The quantitative estimate of drug-likeness (QED) is 0.459. The Hall–Kier alpha value is -2.99. The Kier molecular flexibility index (Phi) is 5.84. The summed E-state index contributed by atoms with van der Waals surface area (Å²) in [5, 5.41) is 4.95. The van der Waals surface area contributed by atoms with E-state index in [4.69, 9.17) is 17.0 Å². The first-order valence-corrected chi connectivity index (χ1v) is 9.76. The molecule has 29 heavy (non-hydrogen) atoms. The lowest BCUT2D eigenvalue weighted by atomic mass is 9.83. The number of thiocarbonyl (C=S) groups is 1. The molecule has 2 aromatic rings. The number of benzene rings is 2. The van der Waals surface area contributed by atoms with Crippen LogP contribution < -0.4 is 15.4 Å². The van der Waals surface area contributed by atoms with Crippen LogP contribution in [0.15, 0.2) is 48.0 Å². The second-order valence-electron chi connectivity index (χ2n) is 8.05. The minimum absolute atomic E-state index is 0.00591. The van der Waals surface area contributed by atoms with Gasteiger partial charge in [-0.25, -0.2) is 0 Å². The smallest absolute Gasteiger partial charge is 0.263 e. The molecule has 1 fully saturated rings. The number of nitrogens with one attached hydrogen (secondary N) is 2. The van der Waals surface area contributed by atoms with Crippen LogP contribution in [0.2, 0.25) is 0 Å². The molecule has 1 aliphatic rings. The van der Waals surface area contributed by atoms with E-state index in [1.807, 2.05) is 43.3 Å². The summed E-state index contributed by atoms with van der Waals surface area (Å²) in [5.74, 6) is -0.383. The molecule has 5 nitrogen and oxygen atoms in total. The molecule has 150 valence electrons. The first-order chi connectivity index (χ1) is 13.6. The fourth-order valence-electron chi connectivity index (χ4n) is 3.12. The van der Waals surface area contributed by atoms with E-state index >= 15 is 0 Å². The lowest BCUT2D eigenvalue weighted by molar-refractivity contribution is -0.123. The summed E-state index contributed by atoms with van der Waals surface area (Å²) in [5.41, 5.74) is 3.54. The minimum Gasteiger partial charge on any atom is -0.488 e. The largest absolute Gasteiger partial charge is 0.488 e. The number of amides is 2. The number of carbonyl (C=O) groups is 2. The summed E-state index contributed by atoms with van der Waals surface area (Å²) < 4.78 is 6.24. The van der Waals surface area contributed by atoms with Crippen molar-refractivity contribution in [3.05, 3.63) is 70.3 Å². The maximum atomic E-state index is 12.3. The first kappa shape index (κ1) is 20.7. The summed E-state index contributed by atoms with van der Waals surface area (Å²) >= 11 is 4.87. The van der Waals surface area contributed by atoms with E-state index in [0.717, 1.165) is 16.7 Å². The molecule has 1 heterocycles. The van der Waals surface area contributed by atoms with Gasteiger partial charge in [0.05, 0.1) is 0 Å². The molecule has 2 aromatic carbocycles. The normalized spacial score (nSPS) is 14.3. The molecular formula is C23H24N2O3S. The Morgan fingerprint density at radius 2 is 1.66 bits per heavy atom. The Bertz CT molecular complexity index is 983. The first-order valence-electron chi connectivity index (χ1n) is 9.35. The fourth-order valence-corrected chi connectivity index (χ4v) is 3.30. The van der Waals surface area contributed by atoms with Gasteiger partial charge in [0.15, 0.2) is 5.11 Å². The van der Waals surface area contributed by atoms with Crippen molar-refractivity contribution >= 4 is 35.2 Å². The van der Waals surface area contributed by atoms with E-state index < -0.39 is 11.8 Å². The van der Waals surface area contributed by atoms with Gasteiger partial charge in [-0.2, -0.15) is 0 Å². The molecule has 0 aromatic heterocycles. The van der Waals surface area contributed by atoms with Crippen LogP contribution in [0.5, 0.6) is 5.75 Å². The zero-order valence-electron chi connectivity index (χ0n) is 17.0. The predicted molar refractivity (Wildman–Crippen MR) is 118 cm³/mol. The van der Waals surface area contributed by atoms with Crippen molar-refractivity contribution in [2.24, 2.45) is 0 Å². The molecule has 0 spiro atoms. The number of rotatable bonds is 4. The average molecular weight is 409 g/mol. The zero-order chi connectivity index (χ0) is 21.2. The van der Waals surface area contributed by atoms with Crippen LogP contribution in [0, 0.1) is 6.92 Å². The van der Waals surface area contributed by atoms with E-state index in [9.17, 15) is 9.59 Å². The Morgan fingerprint density at radius 1 is 1.03 bits per heavy atom. The number of hydrogen-bond acceptors (Lipinski definition) is 4. The number of carbonyl (C=O) groups excluding carboxylic acids is 2. The summed E-state index contributed by atoms with van der Waals surface area (Å²) in [4.78, 5) is 24.6. The third-order valence-electron chi connectivity index (χ3n) is 4.54. The van der Waals surface area contributed by atoms with Crippen molar-refractivity contribution in [1.82, 2.24) is 10.6 Å². The molecule has 1 aliphatic heterocycles. The van der Waals surface area contributed by atoms with Gasteiger partial charge in [0, 0.05) is 11.1 Å². The van der Waals surface area contributed by atoms with E-state index in [1.165, 1.54) is 0 Å². The van der Waals surface area contributed by atoms with Gasteiger partial charge in [-0.3, -0.25) is 20.2 Å². The number of ether oxygens (including phenoxy) is 1. The lowest BCUT2D eigenvalue weighted by Crippen LogP contribution is -2.51. The Labute approximate surface area is 176 Å². The fraction of sp³-hybridized carbons (Fsp3) is 0.261. The highest BCUT2D eigenvalue weighted by atomic mass is 32.1. The van der Waals surface area contributed by atoms with Crippen molar-refractivity contribution in [3.63, 3.8) is 0 Å². The van der Waals surface area contributed by atoms with Gasteiger partial charge < -0.3 is 4.74 Å². The van der Waals surface area contributed by atoms with Crippen molar-refractivity contribution in [2.75, 3.05) is 0 Å². The Morgan fingerprint density at radius 3 is 2.24 bits per heavy atom. The maximum absolute atomic E-state index is 12.3. The monoisotopic (exact) mass is 408 g/mol. The van der Waals surface area contributed by atoms with Gasteiger partial charge in [-0.15, -0.1) is 0 Å². The molecule has 0 radical (unpaired) electrons. The molecular weight excluding hydrogens is 384 g/mol. The second-order valence-corrected chi connectivity index (χ2v) is 8.46. The molecule has 0 saturated carbocycles. The van der Waals surface area contributed by atoms with Crippen LogP contribution in [0.3, 0.4) is 0 Å². The lowest BCUT2D eigenvalue weighted by Gasteiger charge is -2.25. The van der Waals surface area contributed by atoms with Crippen molar-refractivity contribution in [1.29, 1.82) is 0 Å². The van der Waals surface area contributed by atoms with Gasteiger partial charge in [0.25, 0.3) is 11.8 Å². The molecule has 2 amide bonds. The molecule has 3 rings (SSSR count). The number of aryl methyl sites for hydroxylation is 1. The van der Waals surface area contributed by atoms with E-state index in [1.54, 1.807) is 6.08 Å². The van der Waals surface area contributed by atoms with Crippen LogP contribution >= 0.6 is 12.2 Å². The molecule has 0 aliphatic carbocycles. The van der Waals surface area contributed by atoms with Gasteiger partial charge in [-0.1, -0.05) is 57.2 Å². The third kappa shape index (κ3) is 4.90. The van der Waals surface area contributed by atoms with Crippen LogP contribution in [-0.4, -0.2) is 16.9 Å². The number of hydrogen-bond donors (Lipinski definition) is 2. The van der Waals surface area contributed by atoms with Gasteiger partial charge in [0.1, 0.15) is 17.9 Å². The summed E-state index contributed by atoms with van der Waals surface area (Å²) in [7, 11) is 0. The molecule has 6 heteroatoms. The topological polar surface area (TPSA) is 67.4 Å². The highest BCUT2D eigenvalue weighted by Gasteiger charge is 2.28. The van der Waals surface area contributed by atoms with Crippen LogP contribution in [0.1, 0.15) is 43.0 Å². The highest BCUT2D eigenvalue weighted by Crippen LogP contribution is 2.37. The highest BCUT2D eigenvalue weighted by molar-refractivity contribution is 7.80. The average Bonchev–Trinajstić information content (AvgIpc) is 2.63. The molecule has 1 saturated heterocycles. The van der Waals surface area contributed by atoms with Gasteiger partial charge >= 0.3 is 0 Å². The van der Waals surface area contributed by atoms with Crippen LogP contribution in [0.25, 0.3) is 6.08 Å². The molecule has 0 unspecified atom stereocenters. The maximum Gasteiger partial charge on any atom is 0.263 e. The van der Waals surface area contributed by atoms with Gasteiger partial charge in [-0.05, 0) is 47.8 Å². The molecule has 0 bridgehead atoms. The van der Waals surface area contributed by atoms with Crippen molar-refractivity contribution in [3.8, 4) is 5.75 Å². The van der Waals surface area contributed by atoms with Crippen LogP contribution in [-0.2, 0) is 21.6 Å². The zero-order valence-corrected chi connectivity index (χ0v) is 17.8. The van der Waals surface area contributed by atoms with E-state index in [2.05, 4.69) is 37.5 Å². The van der Waals surface area contributed by atoms with Crippen molar-refractivity contribution < 1.29 is 14.3 Å². The summed E-state index contributed by atoms with van der Waals surface area (Å²) in [6.45, 7) is 8.67. The van der Waals surface area contributed by atoms with Gasteiger partial charge in [0.2, 0.25) is 0 Å².